The van der Waals surface area contributed by atoms with Crippen molar-refractivity contribution in [1.29, 1.82) is 0 Å². The molecule has 0 aromatic rings. The monoisotopic (exact) mass is 196 g/mol. The van der Waals surface area contributed by atoms with Crippen LogP contribution in [0.4, 0.5) is 0 Å². The lowest BCUT2D eigenvalue weighted by Crippen LogP contribution is -2.29. The third kappa shape index (κ3) is 4.91. The van der Waals surface area contributed by atoms with Gasteiger partial charge in [0, 0.05) is 6.92 Å². The van der Waals surface area contributed by atoms with Crippen LogP contribution in [0.1, 0.15) is 47.0 Å². The van der Waals surface area contributed by atoms with Gasteiger partial charge in [0.1, 0.15) is 0 Å². The van der Waals surface area contributed by atoms with Gasteiger partial charge >= 0.3 is 5.97 Å². The van der Waals surface area contributed by atoms with E-state index in [-0.39, 0.29) is 5.97 Å². The fourth-order valence-electron chi connectivity index (χ4n) is 1.20. The highest BCUT2D eigenvalue weighted by molar-refractivity contribution is 5.67. The lowest BCUT2D eigenvalue weighted by atomic mass is 9.93. The Balaban J connectivity index is 4.14. The van der Waals surface area contributed by atoms with Crippen LogP contribution >= 0.6 is 0 Å². The molecular weight excluding hydrogens is 176 g/mol. The number of esters is 1. The largest absolute Gasteiger partial charge is 0.446 e. The van der Waals surface area contributed by atoms with E-state index in [1.165, 1.54) is 6.92 Å². The standard InChI is InChI=1S/C12H20O2/c1-6-10(3)8-9-12(5,7-2)14-11(4)13/h2,10H,6,8-9H2,1,3-5H3. The van der Waals surface area contributed by atoms with Crippen molar-refractivity contribution < 1.29 is 9.53 Å². The molecule has 0 rings (SSSR count). The molecule has 0 saturated heterocycles. The van der Waals surface area contributed by atoms with Gasteiger partial charge in [-0.15, -0.1) is 6.42 Å². The number of carbonyl (C=O) groups excluding carboxylic acids is 1. The first-order valence-electron chi connectivity index (χ1n) is 5.11. The van der Waals surface area contributed by atoms with Crippen LogP contribution in [0.2, 0.25) is 0 Å². The molecule has 0 fully saturated rings. The maximum Gasteiger partial charge on any atom is 0.304 e. The van der Waals surface area contributed by atoms with E-state index >= 15 is 0 Å². The third-order valence-electron chi connectivity index (χ3n) is 2.49. The SMILES string of the molecule is C#CC(C)(CCC(C)CC)OC(C)=O. The molecule has 0 aromatic heterocycles. The number of ether oxygens (including phenoxy) is 1. The Kier molecular flexibility index (Phi) is 5.30. The second kappa shape index (κ2) is 5.70. The van der Waals surface area contributed by atoms with Gasteiger partial charge in [0.15, 0.2) is 5.60 Å². The molecule has 80 valence electrons. The van der Waals surface area contributed by atoms with Crippen LogP contribution in [-0.2, 0) is 9.53 Å². The quantitative estimate of drug-likeness (QED) is 0.499. The summed E-state index contributed by atoms with van der Waals surface area (Å²) in [6, 6.07) is 0. The first-order valence-corrected chi connectivity index (χ1v) is 5.11. The number of terminal acetylenes is 1. The predicted octanol–water partition coefficient (Wildman–Crippen LogP) is 2.77. The normalized spacial score (nSPS) is 16.5. The summed E-state index contributed by atoms with van der Waals surface area (Å²) in [5.41, 5.74) is -0.727. The summed E-state index contributed by atoms with van der Waals surface area (Å²) in [5.74, 6) is 2.86. The average molecular weight is 196 g/mol. The molecule has 2 nitrogen and oxygen atoms in total. The lowest BCUT2D eigenvalue weighted by Gasteiger charge is -2.24. The molecule has 0 aliphatic carbocycles. The highest BCUT2D eigenvalue weighted by Gasteiger charge is 2.24. The Morgan fingerprint density at radius 1 is 1.64 bits per heavy atom. The minimum Gasteiger partial charge on any atom is -0.446 e. The lowest BCUT2D eigenvalue weighted by molar-refractivity contribution is -0.150. The van der Waals surface area contributed by atoms with Crippen LogP contribution in [0, 0.1) is 18.3 Å². The van der Waals surface area contributed by atoms with Gasteiger partial charge in [-0.3, -0.25) is 4.79 Å². The number of hydrogen-bond donors (Lipinski definition) is 0. The minimum atomic E-state index is -0.727. The molecule has 0 amide bonds. The zero-order valence-electron chi connectivity index (χ0n) is 9.59. The van der Waals surface area contributed by atoms with Crippen molar-refractivity contribution in [3.63, 3.8) is 0 Å². The van der Waals surface area contributed by atoms with Crippen LogP contribution in [0.3, 0.4) is 0 Å². The van der Waals surface area contributed by atoms with Gasteiger partial charge in [0.25, 0.3) is 0 Å². The molecule has 2 atom stereocenters. The Hall–Kier alpha value is -0.970. The zero-order chi connectivity index (χ0) is 11.2. The molecule has 0 aromatic carbocycles. The second-order valence-electron chi connectivity index (χ2n) is 4.02. The van der Waals surface area contributed by atoms with Gasteiger partial charge in [-0.1, -0.05) is 26.2 Å². The molecule has 0 N–H and O–H groups in total. The van der Waals surface area contributed by atoms with Crippen LogP contribution in [0.25, 0.3) is 0 Å². The van der Waals surface area contributed by atoms with E-state index in [4.69, 9.17) is 11.2 Å². The van der Waals surface area contributed by atoms with E-state index in [1.54, 1.807) is 6.92 Å². The van der Waals surface area contributed by atoms with Gasteiger partial charge in [-0.25, -0.2) is 0 Å². The smallest absolute Gasteiger partial charge is 0.304 e. The summed E-state index contributed by atoms with van der Waals surface area (Å²) < 4.78 is 5.11. The van der Waals surface area contributed by atoms with Gasteiger partial charge < -0.3 is 4.74 Å². The van der Waals surface area contributed by atoms with Gasteiger partial charge in [-0.2, -0.15) is 0 Å². The summed E-state index contributed by atoms with van der Waals surface area (Å²) in [7, 11) is 0. The van der Waals surface area contributed by atoms with Crippen molar-refractivity contribution in [2.24, 2.45) is 5.92 Å². The van der Waals surface area contributed by atoms with Crippen molar-refractivity contribution in [2.45, 2.75) is 52.6 Å². The highest BCUT2D eigenvalue weighted by atomic mass is 16.6. The van der Waals surface area contributed by atoms with Crippen molar-refractivity contribution in [3.05, 3.63) is 0 Å². The minimum absolute atomic E-state index is 0.311. The Morgan fingerprint density at radius 2 is 2.21 bits per heavy atom. The van der Waals surface area contributed by atoms with Crippen LogP contribution in [0.15, 0.2) is 0 Å². The Bertz CT molecular complexity index is 227. The molecule has 2 heteroatoms. The zero-order valence-corrected chi connectivity index (χ0v) is 9.59. The van der Waals surface area contributed by atoms with Crippen molar-refractivity contribution >= 4 is 5.97 Å². The van der Waals surface area contributed by atoms with Crippen molar-refractivity contribution in [3.8, 4) is 12.3 Å². The molecular formula is C12H20O2. The summed E-state index contributed by atoms with van der Waals surface area (Å²) in [4.78, 5) is 10.8. The molecule has 0 spiro atoms. The summed E-state index contributed by atoms with van der Waals surface area (Å²) >= 11 is 0. The predicted molar refractivity (Wildman–Crippen MR) is 57.7 cm³/mol. The van der Waals surface area contributed by atoms with Gasteiger partial charge in [0.2, 0.25) is 0 Å². The maximum absolute atomic E-state index is 10.8. The van der Waals surface area contributed by atoms with E-state index < -0.39 is 5.60 Å². The fraction of sp³-hybridized carbons (Fsp3) is 0.750. The summed E-state index contributed by atoms with van der Waals surface area (Å²) in [6.07, 6.45) is 8.21. The molecule has 14 heavy (non-hydrogen) atoms. The van der Waals surface area contributed by atoms with Crippen LogP contribution in [0.5, 0.6) is 0 Å². The van der Waals surface area contributed by atoms with E-state index in [0.717, 1.165) is 19.3 Å². The maximum atomic E-state index is 10.8. The van der Waals surface area contributed by atoms with Crippen molar-refractivity contribution in [2.75, 3.05) is 0 Å². The summed E-state index contributed by atoms with van der Waals surface area (Å²) in [6.45, 7) is 7.49. The molecule has 0 heterocycles. The van der Waals surface area contributed by atoms with Gasteiger partial charge in [0.05, 0.1) is 0 Å². The number of rotatable bonds is 5. The molecule has 0 radical (unpaired) electrons. The van der Waals surface area contributed by atoms with E-state index in [2.05, 4.69) is 19.8 Å². The number of hydrogen-bond acceptors (Lipinski definition) is 2. The third-order valence-corrected chi connectivity index (χ3v) is 2.49. The molecule has 0 bridgehead atoms. The van der Waals surface area contributed by atoms with Gasteiger partial charge in [-0.05, 0) is 25.7 Å². The van der Waals surface area contributed by atoms with E-state index in [1.807, 2.05) is 0 Å². The molecule has 0 aliphatic heterocycles. The topological polar surface area (TPSA) is 26.3 Å². The van der Waals surface area contributed by atoms with E-state index in [0.29, 0.717) is 5.92 Å². The van der Waals surface area contributed by atoms with Crippen molar-refractivity contribution in [1.82, 2.24) is 0 Å². The fourth-order valence-corrected chi connectivity index (χ4v) is 1.20. The van der Waals surface area contributed by atoms with E-state index in [9.17, 15) is 4.79 Å². The molecule has 0 saturated carbocycles. The number of carbonyl (C=O) groups is 1. The van der Waals surface area contributed by atoms with Crippen LogP contribution in [-0.4, -0.2) is 11.6 Å². The second-order valence-corrected chi connectivity index (χ2v) is 4.02. The average Bonchev–Trinajstić information content (AvgIpc) is 2.13. The molecule has 0 aliphatic rings. The molecule has 2 unspecified atom stereocenters. The highest BCUT2D eigenvalue weighted by Crippen LogP contribution is 2.21. The Morgan fingerprint density at radius 3 is 2.57 bits per heavy atom. The Labute approximate surface area is 87.0 Å². The first kappa shape index (κ1) is 13.0. The first-order chi connectivity index (χ1) is 6.43. The summed E-state index contributed by atoms with van der Waals surface area (Å²) in [5, 5.41) is 0. The van der Waals surface area contributed by atoms with Crippen LogP contribution < -0.4 is 0 Å².